The number of benzene rings is 1. The Balaban J connectivity index is 2.54. The van der Waals surface area contributed by atoms with E-state index < -0.39 is 15.8 Å². The van der Waals surface area contributed by atoms with E-state index in [0.717, 1.165) is 0 Å². The molecule has 0 bridgehead atoms. The summed E-state index contributed by atoms with van der Waals surface area (Å²) in [5.41, 5.74) is 1.87. The van der Waals surface area contributed by atoms with Crippen LogP contribution in [0.5, 0.6) is 0 Å². The van der Waals surface area contributed by atoms with E-state index in [4.69, 9.17) is 5.11 Å². The van der Waals surface area contributed by atoms with Crippen LogP contribution in [0.4, 0.5) is 0 Å². The van der Waals surface area contributed by atoms with Gasteiger partial charge in [0.05, 0.1) is 11.3 Å². The van der Waals surface area contributed by atoms with Crippen molar-refractivity contribution in [2.75, 3.05) is 0 Å². The second-order valence-corrected chi connectivity index (χ2v) is 5.51. The number of allylic oxidation sites excluding steroid dienone is 1. The zero-order valence-electron chi connectivity index (χ0n) is 8.60. The van der Waals surface area contributed by atoms with Gasteiger partial charge in [-0.3, -0.25) is 4.79 Å². The molecule has 0 fully saturated rings. The van der Waals surface area contributed by atoms with Crippen molar-refractivity contribution in [2.24, 2.45) is 0 Å². The van der Waals surface area contributed by atoms with E-state index in [1.807, 2.05) is 0 Å². The molecular formula is C11H10O4S. The lowest BCUT2D eigenvalue weighted by atomic mass is 10.0. The van der Waals surface area contributed by atoms with E-state index in [-0.39, 0.29) is 11.3 Å². The molecule has 0 aliphatic carbocycles. The maximum atomic E-state index is 11.6. The van der Waals surface area contributed by atoms with Gasteiger partial charge >= 0.3 is 5.97 Å². The Hall–Kier alpha value is -1.62. The molecule has 84 valence electrons. The molecule has 2 rings (SSSR count). The van der Waals surface area contributed by atoms with Gasteiger partial charge < -0.3 is 5.11 Å². The number of carboxylic acids is 1. The number of rotatable bonds is 2. The minimum Gasteiger partial charge on any atom is -0.481 e. The van der Waals surface area contributed by atoms with Gasteiger partial charge in [0, 0.05) is 5.41 Å². The summed E-state index contributed by atoms with van der Waals surface area (Å²) in [6, 6.07) is 4.63. The standard InChI is InChI=1S/C11H10O4S/c1-7-6-16(14,15)10-3-2-8(4-9(7)10)5-11(12)13/h2-4,6H,5H2,1H3,(H,12,13). The molecule has 5 heteroatoms. The third kappa shape index (κ3) is 1.74. The molecule has 1 aromatic carbocycles. The normalized spacial score (nSPS) is 16.7. The first kappa shape index (κ1) is 10.9. The van der Waals surface area contributed by atoms with Gasteiger partial charge in [-0.1, -0.05) is 6.07 Å². The van der Waals surface area contributed by atoms with Gasteiger partial charge in [-0.05, 0) is 35.8 Å². The second kappa shape index (κ2) is 3.45. The molecule has 0 saturated heterocycles. The van der Waals surface area contributed by atoms with Crippen molar-refractivity contribution in [3.05, 3.63) is 34.7 Å². The summed E-state index contributed by atoms with van der Waals surface area (Å²) in [6.45, 7) is 1.70. The van der Waals surface area contributed by atoms with E-state index in [1.165, 1.54) is 17.5 Å². The highest BCUT2D eigenvalue weighted by Crippen LogP contribution is 2.33. The van der Waals surface area contributed by atoms with Crippen LogP contribution in [-0.4, -0.2) is 19.5 Å². The molecule has 1 heterocycles. The van der Waals surface area contributed by atoms with Crippen LogP contribution in [0.2, 0.25) is 0 Å². The summed E-state index contributed by atoms with van der Waals surface area (Å²) >= 11 is 0. The molecule has 0 unspecified atom stereocenters. The summed E-state index contributed by atoms with van der Waals surface area (Å²) < 4.78 is 23.2. The monoisotopic (exact) mass is 238 g/mol. The molecule has 0 radical (unpaired) electrons. The zero-order valence-corrected chi connectivity index (χ0v) is 9.41. The third-order valence-electron chi connectivity index (χ3n) is 2.46. The van der Waals surface area contributed by atoms with E-state index in [1.54, 1.807) is 13.0 Å². The topological polar surface area (TPSA) is 71.4 Å². The Labute approximate surface area is 93.1 Å². The lowest BCUT2D eigenvalue weighted by molar-refractivity contribution is -0.136. The Morgan fingerprint density at radius 2 is 2.06 bits per heavy atom. The Kier molecular flexibility index (Phi) is 2.35. The average Bonchev–Trinajstić information content (AvgIpc) is 2.36. The molecule has 1 aliphatic rings. The molecule has 0 spiro atoms. The largest absolute Gasteiger partial charge is 0.481 e. The summed E-state index contributed by atoms with van der Waals surface area (Å²) in [5.74, 6) is -0.928. The summed E-state index contributed by atoms with van der Waals surface area (Å²) in [7, 11) is -3.31. The fourth-order valence-electron chi connectivity index (χ4n) is 1.78. The third-order valence-corrected chi connectivity index (χ3v) is 4.10. The number of hydrogen-bond acceptors (Lipinski definition) is 3. The summed E-state index contributed by atoms with van der Waals surface area (Å²) in [6.07, 6.45) is -0.0966. The van der Waals surface area contributed by atoms with Gasteiger partial charge in [-0.2, -0.15) is 0 Å². The van der Waals surface area contributed by atoms with E-state index in [0.29, 0.717) is 16.7 Å². The Morgan fingerprint density at radius 1 is 1.38 bits per heavy atom. The van der Waals surface area contributed by atoms with Crippen molar-refractivity contribution >= 4 is 21.4 Å². The number of carboxylic acid groups (broad SMARTS) is 1. The predicted molar refractivity (Wildman–Crippen MR) is 58.6 cm³/mol. The van der Waals surface area contributed by atoms with Crippen molar-refractivity contribution in [2.45, 2.75) is 18.2 Å². The molecule has 0 amide bonds. The molecule has 16 heavy (non-hydrogen) atoms. The van der Waals surface area contributed by atoms with Gasteiger partial charge in [0.15, 0.2) is 0 Å². The molecule has 0 saturated carbocycles. The molecule has 0 atom stereocenters. The Morgan fingerprint density at radius 3 is 2.69 bits per heavy atom. The van der Waals surface area contributed by atoms with Crippen LogP contribution in [0.25, 0.3) is 5.57 Å². The smallest absolute Gasteiger partial charge is 0.307 e. The lowest BCUT2D eigenvalue weighted by Gasteiger charge is -2.03. The fourth-order valence-corrected chi connectivity index (χ4v) is 3.28. The maximum Gasteiger partial charge on any atom is 0.307 e. The van der Waals surface area contributed by atoms with Gasteiger partial charge in [0.1, 0.15) is 0 Å². The first-order chi connectivity index (χ1) is 7.40. The highest BCUT2D eigenvalue weighted by atomic mass is 32.2. The second-order valence-electron chi connectivity index (χ2n) is 3.75. The van der Waals surface area contributed by atoms with Crippen LogP contribution in [0.3, 0.4) is 0 Å². The van der Waals surface area contributed by atoms with Gasteiger partial charge in [0.25, 0.3) is 0 Å². The minimum atomic E-state index is -3.31. The maximum absolute atomic E-state index is 11.6. The van der Waals surface area contributed by atoms with E-state index in [2.05, 4.69) is 0 Å². The number of sulfone groups is 1. The highest BCUT2D eigenvalue weighted by molar-refractivity contribution is 7.95. The van der Waals surface area contributed by atoms with Crippen LogP contribution in [0.1, 0.15) is 18.1 Å². The number of fused-ring (bicyclic) bond motifs is 1. The van der Waals surface area contributed by atoms with Gasteiger partial charge in [0.2, 0.25) is 9.84 Å². The van der Waals surface area contributed by atoms with Crippen LogP contribution in [0.15, 0.2) is 28.5 Å². The number of carbonyl (C=O) groups is 1. The average molecular weight is 238 g/mol. The number of aliphatic carboxylic acids is 1. The first-order valence-electron chi connectivity index (χ1n) is 4.68. The van der Waals surface area contributed by atoms with Crippen molar-refractivity contribution in [1.82, 2.24) is 0 Å². The molecule has 0 aromatic heterocycles. The zero-order chi connectivity index (χ0) is 11.9. The number of hydrogen-bond donors (Lipinski definition) is 1. The molecule has 1 aromatic rings. The quantitative estimate of drug-likeness (QED) is 0.846. The van der Waals surface area contributed by atoms with Crippen LogP contribution in [-0.2, 0) is 21.1 Å². The van der Waals surface area contributed by atoms with Crippen LogP contribution >= 0.6 is 0 Å². The van der Waals surface area contributed by atoms with Gasteiger partial charge in [-0.25, -0.2) is 8.42 Å². The van der Waals surface area contributed by atoms with Gasteiger partial charge in [-0.15, -0.1) is 0 Å². The molecular weight excluding hydrogens is 228 g/mol. The SMILES string of the molecule is CC1=CS(=O)(=O)c2ccc(CC(=O)O)cc21. The van der Waals surface area contributed by atoms with Crippen molar-refractivity contribution < 1.29 is 18.3 Å². The lowest BCUT2D eigenvalue weighted by Crippen LogP contribution is -2.01. The fraction of sp³-hybridized carbons (Fsp3) is 0.182. The minimum absolute atomic E-state index is 0.0966. The Bertz CT molecular complexity index is 596. The molecule has 1 N–H and O–H groups in total. The molecule has 1 aliphatic heterocycles. The highest BCUT2D eigenvalue weighted by Gasteiger charge is 2.24. The van der Waals surface area contributed by atoms with E-state index in [9.17, 15) is 13.2 Å². The summed E-state index contributed by atoms with van der Waals surface area (Å²) in [5, 5.41) is 9.86. The first-order valence-corrected chi connectivity index (χ1v) is 6.23. The summed E-state index contributed by atoms with van der Waals surface area (Å²) in [4.78, 5) is 10.8. The van der Waals surface area contributed by atoms with Crippen LogP contribution in [0, 0.1) is 0 Å². The van der Waals surface area contributed by atoms with E-state index >= 15 is 0 Å². The predicted octanol–water partition coefficient (Wildman–Crippen LogP) is 1.46. The van der Waals surface area contributed by atoms with Crippen LogP contribution < -0.4 is 0 Å². The molecule has 4 nitrogen and oxygen atoms in total. The van der Waals surface area contributed by atoms with Crippen molar-refractivity contribution in [3.63, 3.8) is 0 Å². The van der Waals surface area contributed by atoms with Crippen molar-refractivity contribution in [3.8, 4) is 0 Å². The van der Waals surface area contributed by atoms with Crippen molar-refractivity contribution in [1.29, 1.82) is 0 Å².